The number of hydrogen-bond acceptors (Lipinski definition) is 4. The van der Waals surface area contributed by atoms with Gasteiger partial charge in [-0.05, 0) is 29.8 Å². The Labute approximate surface area is 137 Å². The Morgan fingerprint density at radius 2 is 1.83 bits per heavy atom. The molecule has 2 aromatic carbocycles. The lowest BCUT2D eigenvalue weighted by Crippen LogP contribution is -2.05. The van der Waals surface area contributed by atoms with Crippen molar-refractivity contribution in [2.75, 3.05) is 5.32 Å². The van der Waals surface area contributed by atoms with E-state index < -0.39 is 0 Å². The second-order valence-corrected chi connectivity index (χ2v) is 5.35. The Morgan fingerprint density at radius 3 is 2.71 bits per heavy atom. The van der Waals surface area contributed by atoms with E-state index in [9.17, 15) is 4.39 Å². The van der Waals surface area contributed by atoms with Crippen LogP contribution < -0.4 is 5.32 Å². The number of aromatic nitrogens is 4. The highest BCUT2D eigenvalue weighted by atomic mass is 19.1. The van der Waals surface area contributed by atoms with Crippen molar-refractivity contribution < 1.29 is 4.39 Å². The van der Waals surface area contributed by atoms with E-state index in [1.54, 1.807) is 30.9 Å². The third kappa shape index (κ3) is 2.81. The van der Waals surface area contributed by atoms with Gasteiger partial charge in [0.1, 0.15) is 18.0 Å². The first-order valence-electron chi connectivity index (χ1n) is 7.52. The summed E-state index contributed by atoms with van der Waals surface area (Å²) < 4.78 is 14.8. The number of hydrogen-bond donors (Lipinski definition) is 1. The highest BCUT2D eigenvalue weighted by Crippen LogP contribution is 2.17. The number of halogens is 1. The van der Waals surface area contributed by atoms with Crippen LogP contribution in [-0.2, 0) is 6.54 Å². The van der Waals surface area contributed by atoms with Gasteiger partial charge in [-0.3, -0.25) is 9.55 Å². The molecule has 0 spiro atoms. The number of para-hydroxylation sites is 2. The summed E-state index contributed by atoms with van der Waals surface area (Å²) in [5, 5.41) is 3.20. The first-order valence-corrected chi connectivity index (χ1v) is 7.52. The Kier molecular flexibility index (Phi) is 3.63. The number of benzene rings is 2. The lowest BCUT2D eigenvalue weighted by Gasteiger charge is -2.08. The van der Waals surface area contributed by atoms with E-state index in [-0.39, 0.29) is 5.82 Å². The van der Waals surface area contributed by atoms with Crippen molar-refractivity contribution in [2.24, 2.45) is 0 Å². The summed E-state index contributed by atoms with van der Waals surface area (Å²) >= 11 is 0. The van der Waals surface area contributed by atoms with Crippen LogP contribution in [0.5, 0.6) is 0 Å². The van der Waals surface area contributed by atoms with Crippen molar-refractivity contribution in [3.05, 3.63) is 78.6 Å². The summed E-state index contributed by atoms with van der Waals surface area (Å²) in [4.78, 5) is 13.2. The molecule has 4 rings (SSSR count). The predicted octanol–water partition coefficient (Wildman–Crippen LogP) is 3.57. The minimum atomic E-state index is -0.243. The summed E-state index contributed by atoms with van der Waals surface area (Å²) in [6.07, 6.45) is 5.09. The fraction of sp³-hybridized carbons (Fsp3) is 0.0556. The molecule has 2 heterocycles. The van der Waals surface area contributed by atoms with E-state index >= 15 is 0 Å². The van der Waals surface area contributed by atoms with E-state index in [0.717, 1.165) is 16.6 Å². The van der Waals surface area contributed by atoms with Crippen LogP contribution in [0, 0.1) is 5.82 Å². The number of nitrogens with one attached hydrogen (secondary N) is 1. The first-order chi connectivity index (χ1) is 11.8. The largest absolute Gasteiger partial charge is 0.365 e. The number of rotatable bonds is 4. The molecule has 24 heavy (non-hydrogen) atoms. The number of nitrogens with zero attached hydrogens (tertiary/aromatic N) is 4. The molecule has 0 bridgehead atoms. The van der Waals surface area contributed by atoms with Crippen LogP contribution in [0.2, 0.25) is 0 Å². The maximum atomic E-state index is 12.9. The van der Waals surface area contributed by atoms with Crippen LogP contribution in [0.15, 0.2) is 67.3 Å². The summed E-state index contributed by atoms with van der Waals surface area (Å²) in [5.41, 5.74) is 2.85. The zero-order chi connectivity index (χ0) is 16.4. The smallest absolute Gasteiger partial charge is 0.159 e. The molecule has 1 N–H and O–H groups in total. The van der Waals surface area contributed by atoms with Gasteiger partial charge in [0.2, 0.25) is 0 Å². The highest BCUT2D eigenvalue weighted by Gasteiger charge is 2.06. The van der Waals surface area contributed by atoms with Gasteiger partial charge in [-0.15, -0.1) is 0 Å². The van der Waals surface area contributed by atoms with Crippen molar-refractivity contribution in [2.45, 2.75) is 6.54 Å². The van der Waals surface area contributed by atoms with Gasteiger partial charge in [-0.2, -0.15) is 0 Å². The summed E-state index contributed by atoms with van der Waals surface area (Å²) in [5.74, 6) is 1.09. The lowest BCUT2D eigenvalue weighted by atomic mass is 10.2. The Hall–Kier alpha value is -3.28. The molecule has 5 nitrogen and oxygen atoms in total. The van der Waals surface area contributed by atoms with Gasteiger partial charge in [0.15, 0.2) is 5.82 Å². The first kappa shape index (κ1) is 14.3. The summed E-state index contributed by atoms with van der Waals surface area (Å²) in [6, 6.07) is 14.2. The minimum Gasteiger partial charge on any atom is -0.365 e. The molecule has 0 atom stereocenters. The SMILES string of the molecule is Fc1ccc(CNc2cncc(-n3cnc4ccccc43)n2)cc1. The molecular formula is C18H14FN5. The fourth-order valence-corrected chi connectivity index (χ4v) is 2.49. The highest BCUT2D eigenvalue weighted by molar-refractivity contribution is 5.76. The standard InChI is InChI=1S/C18H14FN5/c19-14-7-5-13(6-8-14)9-21-17-10-20-11-18(23-17)24-12-22-15-3-1-2-4-16(15)24/h1-8,10-12H,9H2,(H,21,23). The molecule has 0 fully saturated rings. The molecule has 4 aromatic rings. The van der Waals surface area contributed by atoms with Crippen molar-refractivity contribution in [1.82, 2.24) is 19.5 Å². The van der Waals surface area contributed by atoms with Crippen molar-refractivity contribution >= 4 is 16.9 Å². The molecule has 0 aliphatic carbocycles. The molecule has 2 aromatic heterocycles. The van der Waals surface area contributed by atoms with E-state index in [2.05, 4.69) is 20.3 Å². The topological polar surface area (TPSA) is 55.6 Å². The van der Waals surface area contributed by atoms with Crippen molar-refractivity contribution in [3.63, 3.8) is 0 Å². The van der Waals surface area contributed by atoms with Crippen LogP contribution in [0.3, 0.4) is 0 Å². The average molecular weight is 319 g/mol. The van der Waals surface area contributed by atoms with Crippen LogP contribution in [0.25, 0.3) is 16.9 Å². The summed E-state index contributed by atoms with van der Waals surface area (Å²) in [7, 11) is 0. The van der Waals surface area contributed by atoms with E-state index in [0.29, 0.717) is 18.2 Å². The predicted molar refractivity (Wildman–Crippen MR) is 90.4 cm³/mol. The molecule has 0 aliphatic heterocycles. The van der Waals surface area contributed by atoms with Gasteiger partial charge in [-0.1, -0.05) is 24.3 Å². The number of anilines is 1. The van der Waals surface area contributed by atoms with Crippen LogP contribution in [0.1, 0.15) is 5.56 Å². The van der Waals surface area contributed by atoms with Gasteiger partial charge < -0.3 is 5.32 Å². The molecule has 118 valence electrons. The van der Waals surface area contributed by atoms with Gasteiger partial charge >= 0.3 is 0 Å². The zero-order valence-corrected chi connectivity index (χ0v) is 12.7. The van der Waals surface area contributed by atoms with E-state index in [1.165, 1.54) is 12.1 Å². The normalized spacial score (nSPS) is 10.9. The Balaban J connectivity index is 1.58. The Bertz CT molecular complexity index is 978. The fourth-order valence-electron chi connectivity index (χ4n) is 2.49. The lowest BCUT2D eigenvalue weighted by molar-refractivity contribution is 0.627. The molecule has 0 saturated heterocycles. The maximum Gasteiger partial charge on any atom is 0.159 e. The monoisotopic (exact) mass is 319 g/mol. The Morgan fingerprint density at radius 1 is 1.00 bits per heavy atom. The van der Waals surface area contributed by atoms with Crippen LogP contribution >= 0.6 is 0 Å². The second-order valence-electron chi connectivity index (χ2n) is 5.35. The number of imidazole rings is 1. The quantitative estimate of drug-likeness (QED) is 0.625. The maximum absolute atomic E-state index is 12.9. The summed E-state index contributed by atoms with van der Waals surface area (Å²) in [6.45, 7) is 0.545. The van der Waals surface area contributed by atoms with E-state index in [1.807, 2.05) is 28.8 Å². The van der Waals surface area contributed by atoms with Crippen LogP contribution in [-0.4, -0.2) is 19.5 Å². The average Bonchev–Trinajstić information content (AvgIpc) is 3.06. The molecule has 0 radical (unpaired) electrons. The molecule has 6 heteroatoms. The second kappa shape index (κ2) is 6.08. The third-order valence-electron chi connectivity index (χ3n) is 3.71. The zero-order valence-electron chi connectivity index (χ0n) is 12.7. The molecular weight excluding hydrogens is 305 g/mol. The molecule has 0 amide bonds. The van der Waals surface area contributed by atoms with Crippen LogP contribution in [0.4, 0.5) is 10.2 Å². The molecule has 0 saturated carbocycles. The molecule has 0 aliphatic rings. The van der Waals surface area contributed by atoms with Gasteiger partial charge in [0.05, 0.1) is 23.4 Å². The van der Waals surface area contributed by atoms with Crippen molar-refractivity contribution in [1.29, 1.82) is 0 Å². The van der Waals surface area contributed by atoms with Gasteiger partial charge in [-0.25, -0.2) is 14.4 Å². The van der Waals surface area contributed by atoms with E-state index in [4.69, 9.17) is 0 Å². The molecule has 0 unspecified atom stereocenters. The number of fused-ring (bicyclic) bond motifs is 1. The third-order valence-corrected chi connectivity index (χ3v) is 3.71. The van der Waals surface area contributed by atoms with Gasteiger partial charge in [0.25, 0.3) is 0 Å². The van der Waals surface area contributed by atoms with Gasteiger partial charge in [0, 0.05) is 6.54 Å². The minimum absolute atomic E-state index is 0.243. The van der Waals surface area contributed by atoms with Crippen molar-refractivity contribution in [3.8, 4) is 5.82 Å².